The molecule has 6 atom stereocenters. The lowest BCUT2D eigenvalue weighted by Gasteiger charge is -2.61. The van der Waals surface area contributed by atoms with Gasteiger partial charge in [-0.25, -0.2) is 0 Å². The fraction of sp³-hybridized carbons (Fsp3) is 0.895. The molecule has 0 bridgehead atoms. The van der Waals surface area contributed by atoms with E-state index < -0.39 is 0 Å². The van der Waals surface area contributed by atoms with Gasteiger partial charge in [0.15, 0.2) is 0 Å². The van der Waals surface area contributed by atoms with E-state index in [4.69, 9.17) is 4.74 Å². The quantitative estimate of drug-likeness (QED) is 0.638. The number of hydrogen-bond acceptors (Lipinski definition) is 3. The third kappa shape index (κ3) is 2.00. The average Bonchev–Trinajstić information content (AvgIpc) is 2.46. The van der Waals surface area contributed by atoms with E-state index in [0.717, 1.165) is 38.0 Å². The number of carbonyl (C=O) groups excluding carboxylic acids is 2. The van der Waals surface area contributed by atoms with Gasteiger partial charge in [-0.15, -0.1) is 0 Å². The van der Waals surface area contributed by atoms with Gasteiger partial charge in [-0.2, -0.15) is 0 Å². The van der Waals surface area contributed by atoms with Crippen LogP contribution in [-0.2, 0) is 14.3 Å². The Balaban J connectivity index is 1.62. The molecule has 0 unspecified atom stereocenters. The summed E-state index contributed by atoms with van der Waals surface area (Å²) in [6.45, 7) is 4.63. The van der Waals surface area contributed by atoms with E-state index in [1.807, 2.05) is 0 Å². The highest BCUT2D eigenvalue weighted by atomic mass is 16.6. The van der Waals surface area contributed by atoms with E-state index in [1.54, 1.807) is 0 Å². The Morgan fingerprint density at radius 3 is 2.59 bits per heavy atom. The topological polar surface area (TPSA) is 43.4 Å². The second-order valence-corrected chi connectivity index (χ2v) is 8.76. The standard InChI is InChI=1S/C19H28O3/c1-18-9-7-13(20)11-12(18)3-4-14-15(18)8-10-19(2)16(14)5-6-17(21)22-19/h12,14-16H,3-11H2,1-2H3/t12-,14+,15-,16+,18+,19+/m0/s1. The van der Waals surface area contributed by atoms with Gasteiger partial charge in [-0.1, -0.05) is 6.92 Å². The Bertz CT molecular complexity index is 513. The van der Waals surface area contributed by atoms with Crippen LogP contribution in [0.5, 0.6) is 0 Å². The van der Waals surface area contributed by atoms with E-state index in [2.05, 4.69) is 13.8 Å². The third-order valence-corrected chi connectivity index (χ3v) is 7.82. The van der Waals surface area contributed by atoms with Gasteiger partial charge in [0.25, 0.3) is 0 Å². The molecule has 0 amide bonds. The van der Waals surface area contributed by atoms with Gasteiger partial charge in [0.05, 0.1) is 0 Å². The summed E-state index contributed by atoms with van der Waals surface area (Å²) in [5, 5.41) is 0. The molecule has 0 aromatic carbocycles. The zero-order valence-electron chi connectivity index (χ0n) is 13.9. The molecule has 22 heavy (non-hydrogen) atoms. The number of ether oxygens (including phenoxy) is 1. The van der Waals surface area contributed by atoms with Crippen LogP contribution in [0.15, 0.2) is 0 Å². The molecule has 1 heterocycles. The van der Waals surface area contributed by atoms with Gasteiger partial charge in [-0.3, -0.25) is 9.59 Å². The van der Waals surface area contributed by atoms with E-state index >= 15 is 0 Å². The van der Waals surface area contributed by atoms with Crippen molar-refractivity contribution in [3.05, 3.63) is 0 Å². The maximum atomic E-state index is 11.9. The fourth-order valence-corrected chi connectivity index (χ4v) is 6.56. The van der Waals surface area contributed by atoms with Crippen molar-refractivity contribution in [2.75, 3.05) is 0 Å². The van der Waals surface area contributed by atoms with Gasteiger partial charge < -0.3 is 4.74 Å². The second-order valence-electron chi connectivity index (χ2n) is 8.76. The summed E-state index contributed by atoms with van der Waals surface area (Å²) in [6.07, 6.45) is 8.91. The van der Waals surface area contributed by atoms with Crippen LogP contribution in [-0.4, -0.2) is 17.4 Å². The lowest BCUT2D eigenvalue weighted by Crippen LogP contribution is -2.58. The van der Waals surface area contributed by atoms with Gasteiger partial charge in [0.1, 0.15) is 11.4 Å². The van der Waals surface area contributed by atoms with Crippen LogP contribution >= 0.6 is 0 Å². The first kappa shape index (κ1) is 14.7. The molecule has 4 aliphatic rings. The van der Waals surface area contributed by atoms with Crippen molar-refractivity contribution < 1.29 is 14.3 Å². The molecule has 4 rings (SSSR count). The molecule has 1 saturated heterocycles. The Kier molecular flexibility index (Phi) is 3.22. The van der Waals surface area contributed by atoms with Crippen molar-refractivity contribution in [2.24, 2.45) is 29.1 Å². The van der Waals surface area contributed by atoms with Crippen LogP contribution in [0, 0.1) is 29.1 Å². The summed E-state index contributed by atoms with van der Waals surface area (Å²) in [4.78, 5) is 23.6. The van der Waals surface area contributed by atoms with Gasteiger partial charge in [0, 0.05) is 25.2 Å². The van der Waals surface area contributed by atoms with Crippen molar-refractivity contribution in [3.8, 4) is 0 Å². The van der Waals surface area contributed by atoms with E-state index in [0.29, 0.717) is 35.4 Å². The molecular formula is C19H28O3. The van der Waals surface area contributed by atoms with Crippen LogP contribution in [0.25, 0.3) is 0 Å². The zero-order valence-corrected chi connectivity index (χ0v) is 13.9. The highest BCUT2D eigenvalue weighted by molar-refractivity contribution is 5.79. The summed E-state index contributed by atoms with van der Waals surface area (Å²) in [5.74, 6) is 3.05. The minimum absolute atomic E-state index is 0.000334. The summed E-state index contributed by atoms with van der Waals surface area (Å²) in [7, 11) is 0. The minimum Gasteiger partial charge on any atom is -0.459 e. The molecule has 3 nitrogen and oxygen atoms in total. The largest absolute Gasteiger partial charge is 0.459 e. The minimum atomic E-state index is -0.218. The Hall–Kier alpha value is -0.860. The Morgan fingerprint density at radius 1 is 0.955 bits per heavy atom. The molecule has 4 fully saturated rings. The Morgan fingerprint density at radius 2 is 1.77 bits per heavy atom. The predicted octanol–water partition coefficient (Wildman–Crippen LogP) is 3.89. The molecule has 122 valence electrons. The van der Waals surface area contributed by atoms with Crippen LogP contribution in [0.1, 0.15) is 71.6 Å². The van der Waals surface area contributed by atoms with Crippen LogP contribution in [0.3, 0.4) is 0 Å². The van der Waals surface area contributed by atoms with E-state index in [1.165, 1.54) is 19.3 Å². The number of hydrogen-bond donors (Lipinski definition) is 0. The summed E-state index contributed by atoms with van der Waals surface area (Å²) >= 11 is 0. The van der Waals surface area contributed by atoms with Crippen molar-refractivity contribution >= 4 is 11.8 Å². The SMILES string of the molecule is C[C@@]12CCC(=O)C[C@@H]1CC[C@H]1[C@H]3CCC(=O)O[C@]3(C)CC[C@@H]12. The number of fused-ring (bicyclic) bond motifs is 5. The van der Waals surface area contributed by atoms with Crippen molar-refractivity contribution in [2.45, 2.75) is 77.2 Å². The lowest BCUT2D eigenvalue weighted by molar-refractivity contribution is -0.202. The second kappa shape index (κ2) is 4.82. The smallest absolute Gasteiger partial charge is 0.306 e. The highest BCUT2D eigenvalue weighted by Crippen LogP contribution is 2.62. The number of ketones is 1. The zero-order chi connectivity index (χ0) is 15.5. The molecule has 0 N–H and O–H groups in total. The molecule has 0 spiro atoms. The summed E-state index contributed by atoms with van der Waals surface area (Å²) in [6, 6.07) is 0. The predicted molar refractivity (Wildman–Crippen MR) is 83.1 cm³/mol. The first-order valence-electron chi connectivity index (χ1n) is 9.16. The molecular weight excluding hydrogens is 276 g/mol. The number of rotatable bonds is 0. The Labute approximate surface area is 133 Å². The van der Waals surface area contributed by atoms with Crippen molar-refractivity contribution in [1.29, 1.82) is 0 Å². The molecule has 0 aromatic heterocycles. The number of carbonyl (C=O) groups is 2. The monoisotopic (exact) mass is 304 g/mol. The normalized spacial score (nSPS) is 51.4. The molecule has 0 aromatic rings. The van der Waals surface area contributed by atoms with Crippen LogP contribution in [0.4, 0.5) is 0 Å². The first-order valence-corrected chi connectivity index (χ1v) is 9.16. The molecule has 3 heteroatoms. The van der Waals surface area contributed by atoms with Crippen LogP contribution < -0.4 is 0 Å². The van der Waals surface area contributed by atoms with Crippen LogP contribution in [0.2, 0.25) is 0 Å². The van der Waals surface area contributed by atoms with Crippen molar-refractivity contribution in [3.63, 3.8) is 0 Å². The van der Waals surface area contributed by atoms with Crippen molar-refractivity contribution in [1.82, 2.24) is 0 Å². The molecule has 0 radical (unpaired) electrons. The average molecular weight is 304 g/mol. The van der Waals surface area contributed by atoms with Gasteiger partial charge >= 0.3 is 5.97 Å². The van der Waals surface area contributed by atoms with Gasteiger partial charge in [0.2, 0.25) is 0 Å². The molecule has 3 saturated carbocycles. The molecule has 1 aliphatic heterocycles. The maximum Gasteiger partial charge on any atom is 0.306 e. The number of Topliss-reactive ketones (excluding diaryl/α,β-unsaturated/α-hetero) is 1. The molecule has 3 aliphatic carbocycles. The van der Waals surface area contributed by atoms with E-state index in [-0.39, 0.29) is 11.6 Å². The fourth-order valence-electron chi connectivity index (χ4n) is 6.56. The van der Waals surface area contributed by atoms with E-state index in [9.17, 15) is 9.59 Å². The maximum absolute atomic E-state index is 11.9. The third-order valence-electron chi connectivity index (χ3n) is 7.82. The summed E-state index contributed by atoms with van der Waals surface area (Å²) in [5.41, 5.74) is 0.129. The number of esters is 1. The first-order chi connectivity index (χ1) is 10.4. The highest BCUT2D eigenvalue weighted by Gasteiger charge is 2.58. The lowest BCUT2D eigenvalue weighted by atomic mass is 9.46. The van der Waals surface area contributed by atoms with Gasteiger partial charge in [-0.05, 0) is 68.6 Å². The summed E-state index contributed by atoms with van der Waals surface area (Å²) < 4.78 is 5.82.